The third-order valence-corrected chi connectivity index (χ3v) is 5.59. The molecule has 4 aromatic rings. The Morgan fingerprint density at radius 3 is 2.52 bits per heavy atom. The summed E-state index contributed by atoms with van der Waals surface area (Å²) in [4.78, 5) is 29.5. The fourth-order valence-corrected chi connectivity index (χ4v) is 4.19. The molecule has 6 nitrogen and oxygen atoms in total. The van der Waals surface area contributed by atoms with Gasteiger partial charge in [0.2, 0.25) is 0 Å². The van der Waals surface area contributed by atoms with E-state index in [4.69, 9.17) is 0 Å². The van der Waals surface area contributed by atoms with Crippen LogP contribution in [0.25, 0.3) is 31.2 Å². The highest BCUT2D eigenvalue weighted by Crippen LogP contribution is 2.36. The van der Waals surface area contributed by atoms with Gasteiger partial charge in [-0.1, -0.05) is 0 Å². The third-order valence-electron chi connectivity index (χ3n) is 3.41. The molecule has 4 aromatic heterocycles. The lowest BCUT2D eigenvalue weighted by molar-refractivity contribution is 0.112. The summed E-state index contributed by atoms with van der Waals surface area (Å²) in [5, 5.41) is 3.84. The molecule has 9 heteroatoms. The van der Waals surface area contributed by atoms with Gasteiger partial charge in [0.05, 0.1) is 21.0 Å². The predicted octanol–water partition coefficient (Wildman–Crippen LogP) is 4.12. The zero-order valence-electron chi connectivity index (χ0n) is 15.1. The van der Waals surface area contributed by atoms with Gasteiger partial charge in [0, 0.05) is 18.0 Å². The summed E-state index contributed by atoms with van der Waals surface area (Å²) >= 11 is 6.58. The molecule has 0 saturated heterocycles. The first kappa shape index (κ1) is 21.1. The van der Waals surface area contributed by atoms with E-state index in [1.54, 1.807) is 18.6 Å². The van der Waals surface area contributed by atoms with Crippen molar-refractivity contribution in [2.75, 3.05) is 13.3 Å². The second kappa shape index (κ2) is 10.2. The van der Waals surface area contributed by atoms with Gasteiger partial charge < -0.3 is 5.73 Å². The number of aldehydes is 1. The summed E-state index contributed by atoms with van der Waals surface area (Å²) in [6, 6.07) is 4.01. The van der Waals surface area contributed by atoms with E-state index in [2.05, 4.69) is 38.3 Å². The molecule has 0 aromatic carbocycles. The Bertz CT molecular complexity index is 1010. The first-order chi connectivity index (χ1) is 13.3. The maximum atomic E-state index is 11.3. The summed E-state index contributed by atoms with van der Waals surface area (Å²) in [5.74, 6) is 0. The van der Waals surface area contributed by atoms with Crippen LogP contribution in [0.1, 0.15) is 16.2 Å². The first-order valence-electron chi connectivity index (χ1n) is 7.85. The van der Waals surface area contributed by atoms with Crippen molar-refractivity contribution in [1.29, 1.82) is 0 Å². The number of thiol groups is 1. The Morgan fingerprint density at radius 1 is 1.15 bits per heavy atom. The van der Waals surface area contributed by atoms with Crippen LogP contribution in [0.5, 0.6) is 0 Å². The number of thiazole rings is 1. The molecule has 0 amide bonds. The minimum atomic E-state index is 0.477. The van der Waals surface area contributed by atoms with Crippen molar-refractivity contribution in [3.8, 4) is 21.1 Å². The fourth-order valence-electron chi connectivity index (χ4n) is 2.36. The lowest BCUT2D eigenvalue weighted by Gasteiger charge is -2.01. The quantitative estimate of drug-likeness (QED) is 0.385. The van der Waals surface area contributed by atoms with Gasteiger partial charge in [0.25, 0.3) is 0 Å². The van der Waals surface area contributed by atoms with Crippen molar-refractivity contribution in [2.24, 2.45) is 5.73 Å². The second-order valence-corrected chi connectivity index (χ2v) is 6.83. The lowest BCUT2D eigenvalue weighted by Crippen LogP contribution is -1.90. The Hall–Kier alpha value is -2.20. The van der Waals surface area contributed by atoms with Crippen molar-refractivity contribution in [3.05, 3.63) is 47.6 Å². The summed E-state index contributed by atoms with van der Waals surface area (Å²) in [6.45, 7) is 1.94. The number of nitrogens with zero attached hydrogens (tertiary/aromatic N) is 4. The molecule has 2 N–H and O–H groups in total. The van der Waals surface area contributed by atoms with Crippen LogP contribution in [0.2, 0.25) is 0 Å². The number of hydrogen-bond acceptors (Lipinski definition) is 9. The van der Waals surface area contributed by atoms with E-state index in [0.29, 0.717) is 5.69 Å². The van der Waals surface area contributed by atoms with E-state index in [1.807, 2.05) is 24.4 Å². The number of carbonyl (C=O) groups is 1. The number of rotatable bonds is 3. The van der Waals surface area contributed by atoms with E-state index in [1.165, 1.54) is 36.0 Å². The summed E-state index contributed by atoms with van der Waals surface area (Å²) in [7, 11) is 1.50. The van der Waals surface area contributed by atoms with Gasteiger partial charge in [-0.05, 0) is 43.1 Å². The average molecular weight is 418 g/mol. The van der Waals surface area contributed by atoms with Gasteiger partial charge in [0.15, 0.2) is 6.29 Å². The van der Waals surface area contributed by atoms with E-state index < -0.39 is 0 Å². The van der Waals surface area contributed by atoms with Crippen LogP contribution in [-0.2, 0) is 0 Å². The standard InChI is InChI=1S/C16H10N4OS2.CH5N.CH4S/c1-9-14(23-16(19-9)11-5-17-8-18-6-11)12-4-10-2-3-22-15(10)13(7-21)20-12;2*1-2/h2-8H,1H3;2H2,1H3;2H,1H3. The Morgan fingerprint density at radius 2 is 1.85 bits per heavy atom. The molecule has 140 valence electrons. The van der Waals surface area contributed by atoms with Crippen molar-refractivity contribution >= 4 is 51.7 Å². The van der Waals surface area contributed by atoms with E-state index in [-0.39, 0.29) is 0 Å². The Labute approximate surface area is 171 Å². The topological polar surface area (TPSA) is 94.6 Å². The number of nitrogens with two attached hydrogens (primary N) is 1. The van der Waals surface area contributed by atoms with Crippen molar-refractivity contribution < 1.29 is 4.79 Å². The molecule has 0 unspecified atom stereocenters. The number of thiophene rings is 1. The molecule has 0 aliphatic rings. The SMILES string of the molecule is CN.CS.Cc1nc(-c2cncnc2)sc1-c1cc2ccsc2c(C=O)n1. The molecule has 0 radical (unpaired) electrons. The van der Waals surface area contributed by atoms with Crippen LogP contribution in [0.4, 0.5) is 0 Å². The van der Waals surface area contributed by atoms with Gasteiger partial charge in [0.1, 0.15) is 17.0 Å². The lowest BCUT2D eigenvalue weighted by atomic mass is 10.2. The zero-order valence-corrected chi connectivity index (χ0v) is 17.6. The van der Waals surface area contributed by atoms with Crippen LogP contribution in [0.3, 0.4) is 0 Å². The van der Waals surface area contributed by atoms with Crippen molar-refractivity contribution in [2.45, 2.75) is 6.92 Å². The van der Waals surface area contributed by atoms with Gasteiger partial charge in [-0.25, -0.2) is 19.9 Å². The highest BCUT2D eigenvalue weighted by molar-refractivity contribution is 7.79. The molecule has 0 fully saturated rings. The smallest absolute Gasteiger partial charge is 0.169 e. The molecule has 0 bridgehead atoms. The second-order valence-electron chi connectivity index (χ2n) is 4.91. The molecule has 0 aliphatic heterocycles. The van der Waals surface area contributed by atoms with E-state index in [9.17, 15) is 4.79 Å². The molecule has 4 heterocycles. The number of pyridine rings is 1. The summed E-state index contributed by atoms with van der Waals surface area (Å²) in [5.41, 5.74) is 7.51. The van der Waals surface area contributed by atoms with Crippen molar-refractivity contribution in [1.82, 2.24) is 19.9 Å². The highest BCUT2D eigenvalue weighted by atomic mass is 32.1. The van der Waals surface area contributed by atoms with Gasteiger partial charge >= 0.3 is 0 Å². The van der Waals surface area contributed by atoms with Gasteiger partial charge in [-0.2, -0.15) is 12.6 Å². The number of hydrogen-bond donors (Lipinski definition) is 2. The Kier molecular flexibility index (Phi) is 7.99. The van der Waals surface area contributed by atoms with Crippen LogP contribution in [0.15, 0.2) is 36.2 Å². The summed E-state index contributed by atoms with van der Waals surface area (Å²) in [6.07, 6.45) is 7.47. The van der Waals surface area contributed by atoms with Crippen LogP contribution >= 0.6 is 35.3 Å². The van der Waals surface area contributed by atoms with Gasteiger partial charge in [-0.15, -0.1) is 22.7 Å². The molecule has 27 heavy (non-hydrogen) atoms. The predicted molar refractivity (Wildman–Crippen MR) is 117 cm³/mol. The molecule has 0 saturated carbocycles. The van der Waals surface area contributed by atoms with E-state index >= 15 is 0 Å². The largest absolute Gasteiger partial charge is 0.333 e. The normalized spacial score (nSPS) is 9.81. The fraction of sp³-hybridized carbons (Fsp3) is 0.167. The highest BCUT2D eigenvalue weighted by Gasteiger charge is 2.15. The minimum absolute atomic E-state index is 0.477. The molecular formula is C18H19N5OS3. The molecule has 0 aliphatic carbocycles. The van der Waals surface area contributed by atoms with Crippen LogP contribution < -0.4 is 5.73 Å². The molecule has 4 rings (SSSR count). The monoisotopic (exact) mass is 417 g/mol. The molecule has 0 spiro atoms. The number of aryl methyl sites for hydroxylation is 1. The third kappa shape index (κ3) is 4.56. The maximum absolute atomic E-state index is 11.3. The molecular weight excluding hydrogens is 398 g/mol. The van der Waals surface area contributed by atoms with Crippen LogP contribution in [0, 0.1) is 6.92 Å². The average Bonchev–Trinajstić information content (AvgIpc) is 3.37. The van der Waals surface area contributed by atoms with Crippen molar-refractivity contribution in [3.63, 3.8) is 0 Å². The van der Waals surface area contributed by atoms with Gasteiger partial charge in [-0.3, -0.25) is 4.79 Å². The maximum Gasteiger partial charge on any atom is 0.169 e. The number of aromatic nitrogens is 4. The summed E-state index contributed by atoms with van der Waals surface area (Å²) < 4.78 is 0.919. The Balaban J connectivity index is 0.000000614. The van der Waals surface area contributed by atoms with Crippen LogP contribution in [-0.4, -0.2) is 39.5 Å². The minimum Gasteiger partial charge on any atom is -0.333 e. The number of fused-ring (bicyclic) bond motifs is 1. The zero-order chi connectivity index (χ0) is 19.8. The molecule has 0 atom stereocenters. The first-order valence-corrected chi connectivity index (χ1v) is 10.4. The van der Waals surface area contributed by atoms with E-state index in [0.717, 1.165) is 43.2 Å². The number of carbonyl (C=O) groups excluding carboxylic acids is 1.